The molecule has 0 aliphatic carbocycles. The fourth-order valence-corrected chi connectivity index (χ4v) is 2.62. The lowest BCUT2D eigenvalue weighted by Gasteiger charge is -2.31. The number of benzene rings is 1. The molecule has 2 heterocycles. The fraction of sp³-hybridized carbons (Fsp3) is 0.312. The maximum Gasteiger partial charge on any atom is 0.274 e. The number of amides is 1. The Labute approximate surface area is 138 Å². The number of carbonyl (C=O) groups is 1. The third kappa shape index (κ3) is 3.36. The van der Waals surface area contributed by atoms with Crippen molar-refractivity contribution in [2.75, 3.05) is 13.2 Å². The Bertz CT molecular complexity index is 760. The molecule has 1 amide bonds. The topological polar surface area (TPSA) is 88.2 Å². The lowest BCUT2D eigenvalue weighted by Crippen LogP contribution is -2.51. The summed E-state index contributed by atoms with van der Waals surface area (Å²) >= 11 is 5.94. The minimum atomic E-state index is -0.912. The molecule has 1 N–H and O–H groups in total. The molecule has 0 unspecified atom stereocenters. The van der Waals surface area contributed by atoms with E-state index in [9.17, 15) is 10.1 Å². The first-order chi connectivity index (χ1) is 11.1. The number of hydrogen-bond acceptors (Lipinski definition) is 5. The zero-order valence-electron chi connectivity index (χ0n) is 12.2. The zero-order chi connectivity index (χ0) is 16.3. The summed E-state index contributed by atoms with van der Waals surface area (Å²) in [6.07, 6.45) is 0.905. The van der Waals surface area contributed by atoms with Gasteiger partial charge < -0.3 is 14.6 Å². The van der Waals surface area contributed by atoms with Crippen LogP contribution in [0.3, 0.4) is 0 Å². The van der Waals surface area contributed by atoms with Crippen molar-refractivity contribution in [3.63, 3.8) is 0 Å². The molecular formula is C16H14ClN3O3. The van der Waals surface area contributed by atoms with Crippen LogP contribution in [0.5, 0.6) is 0 Å². The van der Waals surface area contributed by atoms with Crippen molar-refractivity contribution >= 4 is 17.5 Å². The molecule has 1 aromatic carbocycles. The molecule has 23 heavy (non-hydrogen) atoms. The minimum absolute atomic E-state index is 0.126. The summed E-state index contributed by atoms with van der Waals surface area (Å²) < 4.78 is 10.4. The van der Waals surface area contributed by atoms with E-state index in [1.54, 1.807) is 18.2 Å². The van der Waals surface area contributed by atoms with Crippen molar-refractivity contribution in [2.45, 2.75) is 18.4 Å². The summed E-state index contributed by atoms with van der Waals surface area (Å²) in [5, 5.41) is 16.5. The van der Waals surface area contributed by atoms with Crippen LogP contribution in [0, 0.1) is 11.3 Å². The standard InChI is InChI=1S/C16H14ClN3O3/c17-12-3-1-2-11(8-12)14-9-13(20-23-14)15(21)19-16(10-18)4-6-22-7-5-16/h1-3,8-9H,4-7H2,(H,19,21). The predicted octanol–water partition coefficient (Wildman–Crippen LogP) is 2.80. The van der Waals surface area contributed by atoms with E-state index in [-0.39, 0.29) is 5.69 Å². The number of nitrogens with one attached hydrogen (secondary N) is 1. The fourth-order valence-electron chi connectivity index (χ4n) is 2.43. The van der Waals surface area contributed by atoms with Crippen LogP contribution in [0.1, 0.15) is 23.3 Å². The van der Waals surface area contributed by atoms with E-state index in [1.165, 1.54) is 6.07 Å². The average Bonchev–Trinajstić information content (AvgIpc) is 3.06. The number of carbonyl (C=O) groups excluding carboxylic acids is 1. The lowest BCUT2D eigenvalue weighted by molar-refractivity contribution is 0.0528. The Balaban J connectivity index is 1.77. The molecule has 1 aliphatic heterocycles. The summed E-state index contributed by atoms with van der Waals surface area (Å²) in [5.41, 5.74) is -0.0592. The van der Waals surface area contributed by atoms with Crippen molar-refractivity contribution < 1.29 is 14.1 Å². The highest BCUT2D eigenvalue weighted by atomic mass is 35.5. The number of ether oxygens (including phenoxy) is 1. The average molecular weight is 332 g/mol. The summed E-state index contributed by atoms with van der Waals surface area (Å²) in [7, 11) is 0. The molecule has 2 aromatic rings. The largest absolute Gasteiger partial charge is 0.381 e. The third-order valence-corrected chi connectivity index (χ3v) is 4.00. The highest BCUT2D eigenvalue weighted by Gasteiger charge is 2.35. The zero-order valence-corrected chi connectivity index (χ0v) is 13.0. The van der Waals surface area contributed by atoms with Crippen LogP contribution in [0.25, 0.3) is 11.3 Å². The van der Waals surface area contributed by atoms with Gasteiger partial charge in [-0.3, -0.25) is 4.79 Å². The van der Waals surface area contributed by atoms with Gasteiger partial charge in [-0.2, -0.15) is 5.26 Å². The summed E-state index contributed by atoms with van der Waals surface area (Å²) in [5.74, 6) is 0.00103. The van der Waals surface area contributed by atoms with Gasteiger partial charge in [-0.1, -0.05) is 28.9 Å². The van der Waals surface area contributed by atoms with Crippen molar-refractivity contribution in [1.82, 2.24) is 10.5 Å². The quantitative estimate of drug-likeness (QED) is 0.934. The van der Waals surface area contributed by atoms with E-state index in [4.69, 9.17) is 20.9 Å². The number of hydrogen-bond donors (Lipinski definition) is 1. The number of nitrogens with zero attached hydrogens (tertiary/aromatic N) is 2. The highest BCUT2D eigenvalue weighted by Crippen LogP contribution is 2.24. The Kier molecular flexibility index (Phi) is 4.33. The highest BCUT2D eigenvalue weighted by molar-refractivity contribution is 6.30. The summed E-state index contributed by atoms with van der Waals surface area (Å²) in [6, 6.07) is 10.8. The molecule has 1 fully saturated rings. The molecule has 3 rings (SSSR count). The Hall–Kier alpha value is -2.36. The smallest absolute Gasteiger partial charge is 0.274 e. The normalized spacial score (nSPS) is 16.5. The van der Waals surface area contributed by atoms with Crippen LogP contribution in [-0.4, -0.2) is 29.8 Å². The summed E-state index contributed by atoms with van der Waals surface area (Å²) in [4.78, 5) is 12.3. The molecule has 0 bridgehead atoms. The molecule has 1 aromatic heterocycles. The van der Waals surface area contributed by atoms with Crippen LogP contribution in [0.15, 0.2) is 34.9 Å². The van der Waals surface area contributed by atoms with E-state index in [0.717, 1.165) is 5.56 Å². The second-order valence-corrected chi connectivity index (χ2v) is 5.78. The molecule has 0 spiro atoms. The maximum absolute atomic E-state index is 12.3. The second-order valence-electron chi connectivity index (χ2n) is 5.35. The van der Waals surface area contributed by atoms with Gasteiger partial charge in [0.15, 0.2) is 11.5 Å². The van der Waals surface area contributed by atoms with Crippen LogP contribution in [-0.2, 0) is 4.74 Å². The maximum atomic E-state index is 12.3. The summed E-state index contributed by atoms with van der Waals surface area (Å²) in [6.45, 7) is 0.890. The third-order valence-electron chi connectivity index (χ3n) is 3.77. The van der Waals surface area contributed by atoms with Crippen molar-refractivity contribution in [1.29, 1.82) is 5.26 Å². The van der Waals surface area contributed by atoms with Gasteiger partial charge >= 0.3 is 0 Å². The van der Waals surface area contributed by atoms with Crippen molar-refractivity contribution in [2.24, 2.45) is 0 Å². The lowest BCUT2D eigenvalue weighted by atomic mass is 9.91. The number of nitriles is 1. The van der Waals surface area contributed by atoms with E-state index >= 15 is 0 Å². The van der Waals surface area contributed by atoms with Gasteiger partial charge in [-0.05, 0) is 12.1 Å². The van der Waals surface area contributed by atoms with Crippen LogP contribution in [0.2, 0.25) is 5.02 Å². The molecule has 118 valence electrons. The van der Waals surface area contributed by atoms with Crippen molar-refractivity contribution in [3.05, 3.63) is 41.0 Å². The monoisotopic (exact) mass is 331 g/mol. The van der Waals surface area contributed by atoms with Crippen molar-refractivity contribution in [3.8, 4) is 17.4 Å². The van der Waals surface area contributed by atoms with Crippen LogP contribution >= 0.6 is 11.6 Å². The molecule has 0 radical (unpaired) electrons. The van der Waals surface area contributed by atoms with Gasteiger partial charge in [0.1, 0.15) is 5.54 Å². The van der Waals surface area contributed by atoms with E-state index in [2.05, 4.69) is 16.5 Å². The molecule has 1 aliphatic rings. The van der Waals surface area contributed by atoms with Crippen LogP contribution in [0.4, 0.5) is 0 Å². The number of aromatic nitrogens is 1. The first-order valence-electron chi connectivity index (χ1n) is 7.16. The molecular weight excluding hydrogens is 318 g/mol. The molecule has 1 saturated heterocycles. The molecule has 7 heteroatoms. The van der Waals surface area contributed by atoms with Gasteiger partial charge in [0.25, 0.3) is 5.91 Å². The molecule has 6 nitrogen and oxygen atoms in total. The van der Waals surface area contributed by atoms with Crippen LogP contribution < -0.4 is 5.32 Å². The van der Waals surface area contributed by atoms with Gasteiger partial charge in [0.2, 0.25) is 0 Å². The van der Waals surface area contributed by atoms with Gasteiger partial charge in [-0.15, -0.1) is 0 Å². The first kappa shape index (κ1) is 15.5. The van der Waals surface area contributed by atoms with E-state index in [0.29, 0.717) is 36.8 Å². The Morgan fingerprint density at radius 3 is 2.83 bits per heavy atom. The SMILES string of the molecule is N#CC1(NC(=O)c2cc(-c3cccc(Cl)c3)on2)CCOCC1. The number of rotatable bonds is 3. The van der Waals surface area contributed by atoms with E-state index < -0.39 is 11.4 Å². The van der Waals surface area contributed by atoms with E-state index in [1.807, 2.05) is 6.07 Å². The Morgan fingerprint density at radius 2 is 2.13 bits per heavy atom. The second kappa shape index (κ2) is 6.41. The van der Waals surface area contributed by atoms with Gasteiger partial charge in [0.05, 0.1) is 6.07 Å². The molecule has 0 atom stereocenters. The number of halogens is 1. The van der Waals surface area contributed by atoms with Gasteiger partial charge in [0, 0.05) is 42.7 Å². The minimum Gasteiger partial charge on any atom is -0.381 e. The molecule has 0 saturated carbocycles. The first-order valence-corrected chi connectivity index (χ1v) is 7.54. The predicted molar refractivity (Wildman–Crippen MR) is 82.8 cm³/mol. The Morgan fingerprint density at radius 1 is 1.35 bits per heavy atom. The van der Waals surface area contributed by atoms with Gasteiger partial charge in [-0.25, -0.2) is 0 Å².